The van der Waals surface area contributed by atoms with Gasteiger partial charge in [0.05, 0.1) is 4.92 Å². The van der Waals surface area contributed by atoms with Crippen molar-refractivity contribution in [1.82, 2.24) is 10.2 Å². The third kappa shape index (κ3) is 4.22. The maximum atomic E-state index is 11.4. The van der Waals surface area contributed by atoms with Crippen LogP contribution >= 0.6 is 0 Å². The standard InChI is InChI=1S/C12H17N3O4/c1-13-7-9-4-5-11(10(6-9)15(17)18)19-8-12(16)14(2)3/h4-6,13H,7-8H2,1-3H3. The largest absolute Gasteiger partial charge is 0.477 e. The molecule has 0 atom stereocenters. The number of likely N-dealkylation sites (N-methyl/N-ethyl adjacent to an activating group) is 1. The lowest BCUT2D eigenvalue weighted by Crippen LogP contribution is -2.27. The number of amides is 1. The quantitative estimate of drug-likeness (QED) is 0.608. The van der Waals surface area contributed by atoms with Crippen LogP contribution in [-0.4, -0.2) is 43.5 Å². The molecular weight excluding hydrogens is 250 g/mol. The summed E-state index contributed by atoms with van der Waals surface area (Å²) >= 11 is 0. The number of carbonyl (C=O) groups excluding carboxylic acids is 1. The Morgan fingerprint density at radius 1 is 1.47 bits per heavy atom. The van der Waals surface area contributed by atoms with Gasteiger partial charge in [-0.25, -0.2) is 0 Å². The number of nitro groups is 1. The number of nitro benzene ring substituents is 1. The first-order valence-electron chi connectivity index (χ1n) is 5.70. The second-order valence-electron chi connectivity index (χ2n) is 4.17. The Bertz CT molecular complexity index is 474. The zero-order valence-electron chi connectivity index (χ0n) is 11.2. The normalized spacial score (nSPS) is 10.1. The van der Waals surface area contributed by atoms with Crippen LogP contribution < -0.4 is 10.1 Å². The van der Waals surface area contributed by atoms with E-state index >= 15 is 0 Å². The van der Waals surface area contributed by atoms with E-state index in [0.717, 1.165) is 5.56 Å². The van der Waals surface area contributed by atoms with Crippen LogP contribution in [0.25, 0.3) is 0 Å². The maximum Gasteiger partial charge on any atom is 0.311 e. The SMILES string of the molecule is CNCc1ccc(OCC(=O)N(C)C)c([N+](=O)[O-])c1. The Kier molecular flexibility index (Phi) is 5.25. The third-order valence-corrected chi connectivity index (χ3v) is 2.45. The zero-order valence-corrected chi connectivity index (χ0v) is 11.2. The summed E-state index contributed by atoms with van der Waals surface area (Å²) in [4.78, 5) is 23.2. The molecule has 0 fully saturated rings. The fourth-order valence-electron chi connectivity index (χ4n) is 1.41. The van der Waals surface area contributed by atoms with E-state index in [4.69, 9.17) is 4.74 Å². The van der Waals surface area contributed by atoms with E-state index in [1.165, 1.54) is 17.0 Å². The Morgan fingerprint density at radius 3 is 2.68 bits per heavy atom. The van der Waals surface area contributed by atoms with Crippen LogP contribution in [0.1, 0.15) is 5.56 Å². The number of carbonyl (C=O) groups is 1. The van der Waals surface area contributed by atoms with Crippen molar-refractivity contribution >= 4 is 11.6 Å². The molecule has 0 aromatic heterocycles. The van der Waals surface area contributed by atoms with Crippen LogP contribution in [0.3, 0.4) is 0 Å². The van der Waals surface area contributed by atoms with Crippen molar-refractivity contribution in [2.45, 2.75) is 6.54 Å². The average Bonchev–Trinajstić information content (AvgIpc) is 2.36. The number of hydrogen-bond donors (Lipinski definition) is 1. The van der Waals surface area contributed by atoms with Gasteiger partial charge in [0.1, 0.15) is 0 Å². The predicted molar refractivity (Wildman–Crippen MR) is 70.0 cm³/mol. The molecule has 19 heavy (non-hydrogen) atoms. The number of rotatable bonds is 6. The number of nitrogens with zero attached hydrogens (tertiary/aromatic N) is 2. The van der Waals surface area contributed by atoms with E-state index in [1.807, 2.05) is 0 Å². The first-order chi connectivity index (χ1) is 8.95. The Labute approximate surface area is 111 Å². The van der Waals surface area contributed by atoms with Gasteiger partial charge in [-0.05, 0) is 18.7 Å². The van der Waals surface area contributed by atoms with Crippen LogP contribution in [0.4, 0.5) is 5.69 Å². The van der Waals surface area contributed by atoms with Crippen molar-refractivity contribution < 1.29 is 14.5 Å². The topological polar surface area (TPSA) is 84.7 Å². The van der Waals surface area contributed by atoms with Gasteiger partial charge in [0.25, 0.3) is 5.91 Å². The van der Waals surface area contributed by atoms with E-state index in [0.29, 0.717) is 6.54 Å². The van der Waals surface area contributed by atoms with Gasteiger partial charge in [0.2, 0.25) is 0 Å². The highest BCUT2D eigenvalue weighted by atomic mass is 16.6. The van der Waals surface area contributed by atoms with Crippen molar-refractivity contribution in [3.63, 3.8) is 0 Å². The molecule has 0 aliphatic rings. The molecule has 0 spiro atoms. The highest BCUT2D eigenvalue weighted by Crippen LogP contribution is 2.27. The van der Waals surface area contributed by atoms with Crippen LogP contribution in [-0.2, 0) is 11.3 Å². The number of hydrogen-bond acceptors (Lipinski definition) is 5. The smallest absolute Gasteiger partial charge is 0.311 e. The van der Waals surface area contributed by atoms with Gasteiger partial charge in [-0.2, -0.15) is 0 Å². The summed E-state index contributed by atoms with van der Waals surface area (Å²) in [5, 5.41) is 13.9. The van der Waals surface area contributed by atoms with E-state index in [9.17, 15) is 14.9 Å². The fraction of sp³-hybridized carbons (Fsp3) is 0.417. The highest BCUT2D eigenvalue weighted by molar-refractivity contribution is 5.77. The fourth-order valence-corrected chi connectivity index (χ4v) is 1.41. The molecule has 1 rings (SSSR count). The first-order valence-corrected chi connectivity index (χ1v) is 5.70. The van der Waals surface area contributed by atoms with E-state index in [1.54, 1.807) is 27.2 Å². The lowest BCUT2D eigenvalue weighted by atomic mass is 10.2. The van der Waals surface area contributed by atoms with Crippen LogP contribution in [0.15, 0.2) is 18.2 Å². The summed E-state index contributed by atoms with van der Waals surface area (Å²) in [6, 6.07) is 4.67. The van der Waals surface area contributed by atoms with Crippen molar-refractivity contribution in [2.75, 3.05) is 27.7 Å². The predicted octanol–water partition coefficient (Wildman–Crippen LogP) is 0.781. The van der Waals surface area contributed by atoms with Gasteiger partial charge < -0.3 is 15.0 Å². The molecule has 0 aliphatic heterocycles. The van der Waals surface area contributed by atoms with Crippen LogP contribution in [0.2, 0.25) is 0 Å². The van der Waals surface area contributed by atoms with Gasteiger partial charge >= 0.3 is 5.69 Å². The molecule has 0 saturated carbocycles. The Morgan fingerprint density at radius 2 is 2.16 bits per heavy atom. The van der Waals surface area contributed by atoms with Gasteiger partial charge in [-0.3, -0.25) is 14.9 Å². The first kappa shape index (κ1) is 14.9. The molecule has 1 N–H and O–H groups in total. The van der Waals surface area contributed by atoms with Gasteiger partial charge in [-0.1, -0.05) is 6.07 Å². The molecule has 1 amide bonds. The summed E-state index contributed by atoms with van der Waals surface area (Å²) < 4.78 is 5.20. The second-order valence-corrected chi connectivity index (χ2v) is 4.17. The van der Waals surface area contributed by atoms with Crippen LogP contribution in [0.5, 0.6) is 5.75 Å². The molecule has 0 saturated heterocycles. The minimum Gasteiger partial charge on any atom is -0.477 e. The molecule has 7 nitrogen and oxygen atoms in total. The van der Waals surface area contributed by atoms with Crippen molar-refractivity contribution in [2.24, 2.45) is 0 Å². The van der Waals surface area contributed by atoms with Crippen molar-refractivity contribution in [3.05, 3.63) is 33.9 Å². The molecule has 7 heteroatoms. The van der Waals surface area contributed by atoms with E-state index in [2.05, 4.69) is 5.32 Å². The van der Waals surface area contributed by atoms with Crippen LogP contribution in [0, 0.1) is 10.1 Å². The van der Waals surface area contributed by atoms with Crippen molar-refractivity contribution in [3.8, 4) is 5.75 Å². The minimum absolute atomic E-state index is 0.0973. The molecule has 0 unspecified atom stereocenters. The summed E-state index contributed by atoms with van der Waals surface area (Å²) in [5.41, 5.74) is 0.639. The highest BCUT2D eigenvalue weighted by Gasteiger charge is 2.17. The van der Waals surface area contributed by atoms with Gasteiger partial charge in [0.15, 0.2) is 12.4 Å². The maximum absolute atomic E-state index is 11.4. The number of ether oxygens (including phenoxy) is 1. The number of nitrogens with one attached hydrogen (secondary N) is 1. The molecule has 0 aliphatic carbocycles. The molecule has 1 aromatic rings. The third-order valence-electron chi connectivity index (χ3n) is 2.45. The Hall–Kier alpha value is -2.15. The lowest BCUT2D eigenvalue weighted by molar-refractivity contribution is -0.385. The molecule has 1 aromatic carbocycles. The van der Waals surface area contributed by atoms with Crippen molar-refractivity contribution in [1.29, 1.82) is 0 Å². The number of benzene rings is 1. The molecule has 0 heterocycles. The summed E-state index contributed by atoms with van der Waals surface area (Å²) in [5.74, 6) is -0.159. The summed E-state index contributed by atoms with van der Waals surface area (Å²) in [7, 11) is 4.94. The van der Waals surface area contributed by atoms with Gasteiger partial charge in [0, 0.05) is 26.7 Å². The zero-order chi connectivity index (χ0) is 14.4. The molecular formula is C12H17N3O4. The lowest BCUT2D eigenvalue weighted by Gasteiger charge is -2.11. The summed E-state index contributed by atoms with van der Waals surface area (Å²) in [6.45, 7) is 0.303. The van der Waals surface area contributed by atoms with E-state index < -0.39 is 4.92 Å². The molecule has 104 valence electrons. The minimum atomic E-state index is -0.519. The molecule has 0 radical (unpaired) electrons. The van der Waals surface area contributed by atoms with Gasteiger partial charge in [-0.15, -0.1) is 0 Å². The second kappa shape index (κ2) is 6.69. The molecule has 0 bridgehead atoms. The Balaban J connectivity index is 2.88. The monoisotopic (exact) mass is 267 g/mol. The average molecular weight is 267 g/mol. The van der Waals surface area contributed by atoms with E-state index in [-0.39, 0.29) is 24.0 Å². The summed E-state index contributed by atoms with van der Waals surface area (Å²) in [6.07, 6.45) is 0.